The smallest absolute Gasteiger partial charge is 0.399 e. The summed E-state index contributed by atoms with van der Waals surface area (Å²) >= 11 is 0. The minimum atomic E-state index is -5.18. The highest BCUT2D eigenvalue weighted by Gasteiger charge is 2.37. The van der Waals surface area contributed by atoms with Gasteiger partial charge in [0.15, 0.2) is 11.9 Å². The molecule has 13 heteroatoms. The second-order valence-corrected chi connectivity index (χ2v) is 5.43. The molecule has 0 fully saturated rings. The van der Waals surface area contributed by atoms with Gasteiger partial charge in [0, 0.05) is 10.7 Å². The fraction of sp³-hybridized carbons (Fsp3) is 0.167. The maximum absolute atomic E-state index is 12.0. The SMILES string of the molecule is Nc1c(OC(F)(F)F)cnc([N+](=O)[O-])c1S(=O)(=O)Cl. The highest BCUT2D eigenvalue weighted by molar-refractivity contribution is 8.14. The number of nitrogens with zero attached hydrogens (tertiary/aromatic N) is 2. The van der Waals surface area contributed by atoms with Crippen molar-refractivity contribution in [1.82, 2.24) is 4.98 Å². The van der Waals surface area contributed by atoms with Crippen LogP contribution in [-0.4, -0.2) is 24.7 Å². The van der Waals surface area contributed by atoms with E-state index in [2.05, 4.69) is 9.72 Å². The molecule has 1 heterocycles. The van der Waals surface area contributed by atoms with Gasteiger partial charge >= 0.3 is 12.2 Å². The van der Waals surface area contributed by atoms with Crippen LogP contribution in [0.3, 0.4) is 0 Å². The zero-order valence-electron chi connectivity index (χ0n) is 8.51. The molecule has 1 aromatic heterocycles. The third-order valence-corrected chi connectivity index (χ3v) is 3.01. The Bertz CT molecular complexity index is 632. The van der Waals surface area contributed by atoms with E-state index in [1.807, 2.05) is 0 Å². The lowest BCUT2D eigenvalue weighted by molar-refractivity contribution is -0.392. The van der Waals surface area contributed by atoms with Gasteiger partial charge in [-0.15, -0.1) is 13.2 Å². The Kier molecular flexibility index (Phi) is 3.77. The third kappa shape index (κ3) is 3.57. The van der Waals surface area contributed by atoms with E-state index in [1.165, 1.54) is 0 Å². The van der Waals surface area contributed by atoms with Gasteiger partial charge in [-0.1, -0.05) is 0 Å². The number of hydrogen-bond acceptors (Lipinski definition) is 7. The summed E-state index contributed by atoms with van der Waals surface area (Å²) in [5.74, 6) is -2.51. The van der Waals surface area contributed by atoms with Crippen molar-refractivity contribution in [2.24, 2.45) is 0 Å². The second-order valence-electron chi connectivity index (χ2n) is 2.93. The molecule has 0 aliphatic heterocycles. The zero-order chi connectivity index (χ0) is 15.0. The third-order valence-electron chi connectivity index (χ3n) is 1.66. The van der Waals surface area contributed by atoms with E-state index in [4.69, 9.17) is 16.4 Å². The molecule has 0 saturated carbocycles. The zero-order valence-corrected chi connectivity index (χ0v) is 10.1. The van der Waals surface area contributed by atoms with Gasteiger partial charge in [0.2, 0.25) is 4.90 Å². The van der Waals surface area contributed by atoms with Crippen molar-refractivity contribution in [1.29, 1.82) is 0 Å². The largest absolute Gasteiger partial charge is 0.573 e. The highest BCUT2D eigenvalue weighted by Crippen LogP contribution is 2.38. The number of nitrogens with two attached hydrogens (primary N) is 1. The minimum Gasteiger partial charge on any atom is -0.399 e. The maximum Gasteiger partial charge on any atom is 0.573 e. The Balaban J connectivity index is 3.56. The van der Waals surface area contributed by atoms with Gasteiger partial charge in [0.25, 0.3) is 9.05 Å². The summed E-state index contributed by atoms with van der Waals surface area (Å²) in [6.45, 7) is 0. The predicted molar refractivity (Wildman–Crippen MR) is 55.0 cm³/mol. The molecule has 0 spiro atoms. The topological polar surface area (TPSA) is 125 Å². The maximum atomic E-state index is 12.0. The van der Waals surface area contributed by atoms with E-state index >= 15 is 0 Å². The number of nitro groups is 1. The van der Waals surface area contributed by atoms with E-state index in [0.717, 1.165) is 0 Å². The van der Waals surface area contributed by atoms with Crippen LogP contribution >= 0.6 is 10.7 Å². The van der Waals surface area contributed by atoms with Crippen molar-refractivity contribution in [3.05, 3.63) is 16.3 Å². The van der Waals surface area contributed by atoms with Crippen molar-refractivity contribution in [3.63, 3.8) is 0 Å². The minimum absolute atomic E-state index is 0.270. The lowest BCUT2D eigenvalue weighted by atomic mass is 10.3. The van der Waals surface area contributed by atoms with E-state index in [9.17, 15) is 31.7 Å². The molecule has 8 nitrogen and oxygen atoms in total. The van der Waals surface area contributed by atoms with Crippen LogP contribution in [0.5, 0.6) is 5.75 Å². The van der Waals surface area contributed by atoms with Crippen LogP contribution < -0.4 is 10.5 Å². The van der Waals surface area contributed by atoms with Crippen LogP contribution in [0.15, 0.2) is 11.1 Å². The van der Waals surface area contributed by atoms with Gasteiger partial charge in [-0.05, 0) is 9.91 Å². The summed E-state index contributed by atoms with van der Waals surface area (Å²) in [5.41, 5.74) is 3.92. The Morgan fingerprint density at radius 3 is 2.37 bits per heavy atom. The van der Waals surface area contributed by atoms with Crippen molar-refractivity contribution in [2.75, 3.05) is 5.73 Å². The molecule has 0 saturated heterocycles. The number of pyridine rings is 1. The molecule has 1 aromatic rings. The Hall–Kier alpha value is -1.82. The Morgan fingerprint density at radius 2 is 2.00 bits per heavy atom. The van der Waals surface area contributed by atoms with E-state index in [0.29, 0.717) is 0 Å². The number of ether oxygens (including phenoxy) is 1. The van der Waals surface area contributed by atoms with Crippen LogP contribution in [0, 0.1) is 10.1 Å². The summed E-state index contributed by atoms with van der Waals surface area (Å²) in [6.07, 6.45) is -4.91. The van der Waals surface area contributed by atoms with Crippen molar-refractivity contribution < 1.29 is 31.2 Å². The number of aromatic nitrogens is 1. The molecule has 0 aliphatic carbocycles. The van der Waals surface area contributed by atoms with E-state index < -0.39 is 42.5 Å². The first-order valence-electron chi connectivity index (χ1n) is 4.06. The molecular formula is C6H3ClF3N3O5S. The molecule has 2 N–H and O–H groups in total. The van der Waals surface area contributed by atoms with Crippen LogP contribution in [-0.2, 0) is 9.05 Å². The summed E-state index contributed by atoms with van der Waals surface area (Å²) in [5, 5.41) is 10.5. The summed E-state index contributed by atoms with van der Waals surface area (Å²) < 4.78 is 61.5. The monoisotopic (exact) mass is 321 g/mol. The van der Waals surface area contributed by atoms with Gasteiger partial charge in [-0.3, -0.25) is 0 Å². The summed E-state index contributed by atoms with van der Waals surface area (Å²) in [7, 11) is 0.0757. The first-order valence-corrected chi connectivity index (χ1v) is 6.37. The number of nitrogen functional groups attached to an aromatic ring is 1. The number of rotatable bonds is 3. The number of alkyl halides is 3. The lowest BCUT2D eigenvalue weighted by Gasteiger charge is -2.11. The van der Waals surface area contributed by atoms with E-state index in [-0.39, 0.29) is 6.20 Å². The first kappa shape index (κ1) is 15.2. The van der Waals surface area contributed by atoms with Crippen LogP contribution in [0.4, 0.5) is 24.7 Å². The molecule has 106 valence electrons. The van der Waals surface area contributed by atoms with Gasteiger partial charge < -0.3 is 20.6 Å². The molecule has 0 atom stereocenters. The molecule has 1 rings (SSSR count). The first-order chi connectivity index (χ1) is 8.43. The number of hydrogen-bond donors (Lipinski definition) is 1. The van der Waals surface area contributed by atoms with Crippen LogP contribution in [0.1, 0.15) is 0 Å². The number of anilines is 1. The predicted octanol–water partition coefficient (Wildman–Crippen LogP) is 1.40. The lowest BCUT2D eigenvalue weighted by Crippen LogP contribution is -2.19. The molecular weight excluding hydrogens is 319 g/mol. The van der Waals surface area contributed by atoms with E-state index in [1.54, 1.807) is 0 Å². The molecule has 0 aromatic carbocycles. The van der Waals surface area contributed by atoms with Gasteiger partial charge in [-0.2, -0.15) is 0 Å². The van der Waals surface area contributed by atoms with Gasteiger partial charge in [-0.25, -0.2) is 8.42 Å². The average molecular weight is 322 g/mol. The molecule has 0 amide bonds. The fourth-order valence-electron chi connectivity index (χ4n) is 1.06. The summed E-state index contributed by atoms with van der Waals surface area (Å²) in [6, 6.07) is 0. The normalized spacial score (nSPS) is 12.2. The van der Waals surface area contributed by atoms with Gasteiger partial charge in [0.1, 0.15) is 5.69 Å². The quantitative estimate of drug-likeness (QED) is 0.506. The van der Waals surface area contributed by atoms with Gasteiger partial charge in [0.05, 0.1) is 0 Å². The van der Waals surface area contributed by atoms with Crippen LogP contribution in [0.25, 0.3) is 0 Å². The standard InChI is InChI=1S/C6H3ClF3N3O5S/c7-19(16,17)4-3(11)2(18-6(8,9)10)1-12-5(4)13(14)15/h1H,(H2,11,12). The highest BCUT2D eigenvalue weighted by atomic mass is 35.7. The van der Waals surface area contributed by atoms with Crippen LogP contribution in [0.2, 0.25) is 0 Å². The van der Waals surface area contributed by atoms with Crippen molar-refractivity contribution in [3.8, 4) is 5.75 Å². The molecule has 0 unspecified atom stereocenters. The molecule has 0 bridgehead atoms. The Labute approximate surface area is 107 Å². The average Bonchev–Trinajstić information content (AvgIpc) is 2.16. The van der Waals surface area contributed by atoms with Crippen molar-refractivity contribution >= 4 is 31.2 Å². The summed E-state index contributed by atoms with van der Waals surface area (Å²) in [4.78, 5) is 10.8. The molecule has 0 radical (unpaired) electrons. The number of halogens is 4. The second kappa shape index (κ2) is 4.70. The molecule has 0 aliphatic rings. The fourth-order valence-corrected chi connectivity index (χ4v) is 2.22. The molecule has 19 heavy (non-hydrogen) atoms. The van der Waals surface area contributed by atoms with Crippen molar-refractivity contribution in [2.45, 2.75) is 11.3 Å². The Morgan fingerprint density at radius 1 is 1.47 bits per heavy atom.